The fraction of sp³-hybridized carbons (Fsp3) is 0.357. The molecule has 24 heavy (non-hydrogen) atoms. The van der Waals surface area contributed by atoms with Gasteiger partial charge in [0.1, 0.15) is 11.4 Å². The van der Waals surface area contributed by atoms with E-state index in [1.165, 1.54) is 11.3 Å². The molecule has 1 aliphatic heterocycles. The summed E-state index contributed by atoms with van der Waals surface area (Å²) in [6.45, 7) is 1.34. The Kier molecular flexibility index (Phi) is 3.82. The van der Waals surface area contributed by atoms with Crippen LogP contribution in [-0.2, 0) is 24.9 Å². The van der Waals surface area contributed by atoms with Crippen molar-refractivity contribution in [2.75, 3.05) is 6.54 Å². The summed E-state index contributed by atoms with van der Waals surface area (Å²) < 4.78 is 9.39. The normalized spacial score (nSPS) is 16.8. The average Bonchev–Trinajstić information content (AvgIpc) is 3.32. The van der Waals surface area contributed by atoms with Crippen molar-refractivity contribution >= 4 is 17.2 Å². The van der Waals surface area contributed by atoms with Crippen LogP contribution in [-0.4, -0.2) is 48.3 Å². The van der Waals surface area contributed by atoms with Gasteiger partial charge in [0.15, 0.2) is 0 Å². The summed E-state index contributed by atoms with van der Waals surface area (Å²) in [6.07, 6.45) is 3.50. The molecule has 1 N–H and O–H groups in total. The highest BCUT2D eigenvalue weighted by atomic mass is 32.1. The maximum atomic E-state index is 11.9. The highest BCUT2D eigenvalue weighted by Gasteiger charge is 2.25. The first-order valence-corrected chi connectivity index (χ1v) is 8.34. The van der Waals surface area contributed by atoms with Crippen LogP contribution in [0.15, 0.2) is 23.3 Å². The number of nitrogens with zero attached hydrogens (tertiary/aromatic N) is 6. The minimum absolute atomic E-state index is 0.150. The minimum atomic E-state index is -0.194. The van der Waals surface area contributed by atoms with Gasteiger partial charge in [0.05, 0.1) is 36.7 Å². The van der Waals surface area contributed by atoms with Crippen molar-refractivity contribution in [1.29, 1.82) is 0 Å². The molecule has 0 saturated heterocycles. The first-order chi connectivity index (χ1) is 11.7. The van der Waals surface area contributed by atoms with Gasteiger partial charge in [-0.05, 0) is 0 Å². The van der Waals surface area contributed by atoms with Crippen molar-refractivity contribution in [3.8, 4) is 11.3 Å². The van der Waals surface area contributed by atoms with E-state index in [4.69, 9.17) is 4.74 Å². The number of thiazole rings is 1. The lowest BCUT2D eigenvalue weighted by molar-refractivity contribution is 0.00174. The van der Waals surface area contributed by atoms with Gasteiger partial charge >= 0.3 is 0 Å². The molecule has 0 radical (unpaired) electrons. The second kappa shape index (κ2) is 6.13. The van der Waals surface area contributed by atoms with Gasteiger partial charge in [-0.2, -0.15) is 5.10 Å². The monoisotopic (exact) mass is 345 g/mol. The highest BCUT2D eigenvalue weighted by molar-refractivity contribution is 7.07. The second-order valence-electron chi connectivity index (χ2n) is 5.49. The number of carbonyl (C=O) groups is 1. The summed E-state index contributed by atoms with van der Waals surface area (Å²) in [5.41, 5.74) is 4.68. The molecule has 9 nitrogen and oxygen atoms in total. The zero-order valence-corrected chi connectivity index (χ0v) is 13.7. The SMILES string of the molecule is Cn1cc(-c2nnn3c2COC(CNC(=O)c2cscn2)C3)cn1. The maximum Gasteiger partial charge on any atom is 0.270 e. The first kappa shape index (κ1) is 15.0. The van der Waals surface area contributed by atoms with Crippen LogP contribution >= 0.6 is 11.3 Å². The Morgan fingerprint density at radius 1 is 1.54 bits per heavy atom. The van der Waals surface area contributed by atoms with Crippen LogP contribution in [0.3, 0.4) is 0 Å². The van der Waals surface area contributed by atoms with Crippen LogP contribution in [0.2, 0.25) is 0 Å². The first-order valence-electron chi connectivity index (χ1n) is 7.40. The summed E-state index contributed by atoms with van der Waals surface area (Å²) in [5, 5.41) is 17.1. The number of nitrogens with one attached hydrogen (secondary N) is 1. The highest BCUT2D eigenvalue weighted by Crippen LogP contribution is 2.24. The van der Waals surface area contributed by atoms with E-state index < -0.39 is 0 Å². The minimum Gasteiger partial charge on any atom is -0.368 e. The number of aromatic nitrogens is 6. The van der Waals surface area contributed by atoms with Gasteiger partial charge in [0.2, 0.25) is 0 Å². The standard InChI is InChI=1S/C14H15N7O2S/c1-20-4-9(2-17-20)13-12-6-23-10(5-21(12)19-18-13)3-15-14(22)11-7-24-8-16-11/h2,4,7-8,10H,3,5-6H2,1H3,(H,15,22). The van der Waals surface area contributed by atoms with Crippen molar-refractivity contribution in [1.82, 2.24) is 35.1 Å². The Labute approximate surface area is 141 Å². The smallest absolute Gasteiger partial charge is 0.270 e. The van der Waals surface area contributed by atoms with Gasteiger partial charge < -0.3 is 10.1 Å². The molecule has 1 amide bonds. The van der Waals surface area contributed by atoms with E-state index in [0.717, 1.165) is 17.0 Å². The van der Waals surface area contributed by atoms with Gasteiger partial charge in [0.25, 0.3) is 5.91 Å². The lowest BCUT2D eigenvalue weighted by atomic mass is 10.2. The number of carbonyl (C=O) groups excluding carboxylic acids is 1. The largest absolute Gasteiger partial charge is 0.368 e. The molecule has 1 aliphatic rings. The Balaban J connectivity index is 1.41. The van der Waals surface area contributed by atoms with Crippen molar-refractivity contribution < 1.29 is 9.53 Å². The molecule has 0 spiro atoms. The Morgan fingerprint density at radius 3 is 3.21 bits per heavy atom. The van der Waals surface area contributed by atoms with Crippen molar-refractivity contribution in [3.05, 3.63) is 34.7 Å². The summed E-state index contributed by atoms with van der Waals surface area (Å²) in [4.78, 5) is 15.9. The number of ether oxygens (including phenoxy) is 1. The number of fused-ring (bicyclic) bond motifs is 1. The molecule has 3 aromatic rings. The fourth-order valence-electron chi connectivity index (χ4n) is 2.58. The summed E-state index contributed by atoms with van der Waals surface area (Å²) in [7, 11) is 1.86. The molecular weight excluding hydrogens is 330 g/mol. The molecule has 0 aliphatic carbocycles. The van der Waals surface area contributed by atoms with Crippen LogP contribution < -0.4 is 5.32 Å². The predicted molar refractivity (Wildman–Crippen MR) is 85.2 cm³/mol. The van der Waals surface area contributed by atoms with E-state index >= 15 is 0 Å². The zero-order valence-electron chi connectivity index (χ0n) is 12.9. The van der Waals surface area contributed by atoms with Crippen LogP contribution in [0.5, 0.6) is 0 Å². The molecule has 1 unspecified atom stereocenters. The van der Waals surface area contributed by atoms with Crippen LogP contribution in [0.25, 0.3) is 11.3 Å². The molecule has 10 heteroatoms. The molecule has 4 heterocycles. The van der Waals surface area contributed by atoms with E-state index in [-0.39, 0.29) is 12.0 Å². The van der Waals surface area contributed by atoms with Crippen molar-refractivity contribution in [3.63, 3.8) is 0 Å². The van der Waals surface area contributed by atoms with E-state index in [0.29, 0.717) is 25.4 Å². The lowest BCUT2D eigenvalue weighted by Gasteiger charge is -2.24. The Hall–Kier alpha value is -2.59. The number of hydrogen-bond acceptors (Lipinski definition) is 7. The van der Waals surface area contributed by atoms with Crippen LogP contribution in [0.1, 0.15) is 16.2 Å². The van der Waals surface area contributed by atoms with E-state index in [1.54, 1.807) is 21.8 Å². The van der Waals surface area contributed by atoms with Gasteiger partial charge in [-0.1, -0.05) is 5.21 Å². The molecule has 3 aromatic heterocycles. The third-order valence-corrected chi connectivity index (χ3v) is 4.39. The Bertz CT molecular complexity index is 854. The maximum absolute atomic E-state index is 11.9. The zero-order chi connectivity index (χ0) is 16.5. The van der Waals surface area contributed by atoms with Gasteiger partial charge in [-0.25, -0.2) is 9.67 Å². The summed E-state index contributed by atoms with van der Waals surface area (Å²) >= 11 is 1.39. The molecule has 124 valence electrons. The summed E-state index contributed by atoms with van der Waals surface area (Å²) in [5.74, 6) is -0.194. The van der Waals surface area contributed by atoms with E-state index in [2.05, 4.69) is 25.7 Å². The Morgan fingerprint density at radius 2 is 2.46 bits per heavy atom. The van der Waals surface area contributed by atoms with E-state index in [9.17, 15) is 4.79 Å². The quantitative estimate of drug-likeness (QED) is 0.738. The molecule has 0 saturated carbocycles. The number of hydrogen-bond donors (Lipinski definition) is 1. The number of rotatable bonds is 4. The van der Waals surface area contributed by atoms with Crippen LogP contribution in [0, 0.1) is 0 Å². The van der Waals surface area contributed by atoms with E-state index in [1.807, 2.05) is 17.9 Å². The summed E-state index contributed by atoms with van der Waals surface area (Å²) in [6, 6.07) is 0. The topological polar surface area (TPSA) is 99.8 Å². The number of amides is 1. The molecule has 0 bridgehead atoms. The lowest BCUT2D eigenvalue weighted by Crippen LogP contribution is -2.39. The van der Waals surface area contributed by atoms with Crippen LogP contribution in [0.4, 0.5) is 0 Å². The third kappa shape index (κ3) is 2.81. The average molecular weight is 345 g/mol. The second-order valence-corrected chi connectivity index (χ2v) is 6.20. The van der Waals surface area contributed by atoms with Crippen molar-refractivity contribution in [2.45, 2.75) is 19.3 Å². The third-order valence-electron chi connectivity index (χ3n) is 3.80. The van der Waals surface area contributed by atoms with Crippen molar-refractivity contribution in [2.24, 2.45) is 7.05 Å². The van der Waals surface area contributed by atoms with Gasteiger partial charge in [-0.3, -0.25) is 9.48 Å². The molecule has 0 fully saturated rings. The molecule has 1 atom stereocenters. The molecular formula is C14H15N7O2S. The number of aryl methyl sites for hydroxylation is 1. The van der Waals surface area contributed by atoms with Gasteiger partial charge in [0, 0.05) is 30.7 Å². The fourth-order valence-corrected chi connectivity index (χ4v) is 3.11. The predicted octanol–water partition coefficient (Wildman–Crippen LogP) is 0.464. The molecule has 4 rings (SSSR count). The molecule has 0 aromatic carbocycles. The van der Waals surface area contributed by atoms with Gasteiger partial charge in [-0.15, -0.1) is 16.4 Å².